The van der Waals surface area contributed by atoms with Crippen molar-refractivity contribution in [3.05, 3.63) is 65.0 Å². The lowest BCUT2D eigenvalue weighted by Crippen LogP contribution is -2.48. The molecule has 1 amide bonds. The van der Waals surface area contributed by atoms with Crippen LogP contribution in [0.4, 0.5) is 10.1 Å². The second-order valence-electron chi connectivity index (χ2n) is 6.40. The Hall–Kier alpha value is -2.87. The van der Waals surface area contributed by atoms with Crippen molar-refractivity contribution in [1.29, 1.82) is 5.26 Å². The van der Waals surface area contributed by atoms with E-state index in [0.29, 0.717) is 23.4 Å². The SMILES string of the molecule is Cc1ccc(F)c(N2CCCC(NC(=O)c3ccc(C#N)cc3)C2)c1. The van der Waals surface area contributed by atoms with E-state index in [9.17, 15) is 9.18 Å². The number of nitrogens with one attached hydrogen (secondary N) is 1. The summed E-state index contributed by atoms with van der Waals surface area (Å²) in [5, 5.41) is 11.8. The van der Waals surface area contributed by atoms with Gasteiger partial charge in [0.2, 0.25) is 0 Å². The predicted molar refractivity (Wildman–Crippen MR) is 95.0 cm³/mol. The van der Waals surface area contributed by atoms with Gasteiger partial charge >= 0.3 is 0 Å². The number of halogens is 1. The Morgan fingerprint density at radius 1 is 1.28 bits per heavy atom. The molecular formula is C20H20FN3O. The van der Waals surface area contributed by atoms with Crippen molar-refractivity contribution in [2.45, 2.75) is 25.8 Å². The Morgan fingerprint density at radius 2 is 2.04 bits per heavy atom. The molecular weight excluding hydrogens is 317 g/mol. The molecule has 0 bridgehead atoms. The second kappa shape index (κ2) is 7.35. The van der Waals surface area contributed by atoms with Crippen LogP contribution in [-0.4, -0.2) is 25.0 Å². The number of piperidine rings is 1. The highest BCUT2D eigenvalue weighted by Crippen LogP contribution is 2.24. The highest BCUT2D eigenvalue weighted by atomic mass is 19.1. The molecule has 0 aromatic heterocycles. The van der Waals surface area contributed by atoms with Crippen LogP contribution in [0, 0.1) is 24.1 Å². The number of nitrogens with zero attached hydrogens (tertiary/aromatic N) is 2. The van der Waals surface area contributed by atoms with E-state index in [1.165, 1.54) is 6.07 Å². The van der Waals surface area contributed by atoms with Gasteiger partial charge in [-0.2, -0.15) is 5.26 Å². The van der Waals surface area contributed by atoms with Crippen molar-refractivity contribution < 1.29 is 9.18 Å². The molecule has 1 atom stereocenters. The number of nitriles is 1. The van der Waals surface area contributed by atoms with Crippen LogP contribution in [0.1, 0.15) is 34.3 Å². The topological polar surface area (TPSA) is 56.1 Å². The number of amides is 1. The lowest BCUT2D eigenvalue weighted by atomic mass is 10.0. The summed E-state index contributed by atoms with van der Waals surface area (Å²) >= 11 is 0. The van der Waals surface area contributed by atoms with Crippen LogP contribution in [0.15, 0.2) is 42.5 Å². The number of anilines is 1. The molecule has 3 rings (SSSR count). The zero-order chi connectivity index (χ0) is 17.8. The van der Waals surface area contributed by atoms with Crippen molar-refractivity contribution in [3.63, 3.8) is 0 Å². The van der Waals surface area contributed by atoms with Crippen molar-refractivity contribution in [2.24, 2.45) is 0 Å². The standard InChI is InChI=1S/C20H20FN3O/c1-14-4-9-18(21)19(11-14)24-10-2-3-17(13-24)23-20(25)16-7-5-15(12-22)6-8-16/h4-9,11,17H,2-3,10,13H2,1H3,(H,23,25). The zero-order valence-electron chi connectivity index (χ0n) is 14.1. The highest BCUT2D eigenvalue weighted by molar-refractivity contribution is 5.94. The molecule has 0 spiro atoms. The molecule has 1 unspecified atom stereocenters. The molecule has 1 N–H and O–H groups in total. The summed E-state index contributed by atoms with van der Waals surface area (Å²) in [5.74, 6) is -0.397. The van der Waals surface area contributed by atoms with Gasteiger partial charge in [-0.05, 0) is 61.7 Å². The van der Waals surface area contributed by atoms with Crippen molar-refractivity contribution in [3.8, 4) is 6.07 Å². The van der Waals surface area contributed by atoms with Crippen molar-refractivity contribution >= 4 is 11.6 Å². The number of hydrogen-bond donors (Lipinski definition) is 1. The van der Waals surface area contributed by atoms with E-state index in [4.69, 9.17) is 5.26 Å². The van der Waals surface area contributed by atoms with Gasteiger partial charge in [-0.3, -0.25) is 4.79 Å². The maximum absolute atomic E-state index is 14.1. The van der Waals surface area contributed by atoms with E-state index in [0.717, 1.165) is 24.9 Å². The first-order chi connectivity index (χ1) is 12.1. The minimum absolute atomic E-state index is 0.0307. The van der Waals surface area contributed by atoms with Gasteiger partial charge in [0, 0.05) is 24.7 Å². The molecule has 5 heteroatoms. The van der Waals surface area contributed by atoms with Crippen molar-refractivity contribution in [1.82, 2.24) is 5.32 Å². The van der Waals surface area contributed by atoms with Crippen LogP contribution in [0.5, 0.6) is 0 Å². The van der Waals surface area contributed by atoms with Gasteiger partial charge in [0.25, 0.3) is 5.91 Å². The monoisotopic (exact) mass is 337 g/mol. The van der Waals surface area contributed by atoms with E-state index in [2.05, 4.69) is 5.32 Å². The minimum atomic E-state index is -0.232. The molecule has 4 nitrogen and oxygen atoms in total. The van der Waals surface area contributed by atoms with Crippen LogP contribution in [0.25, 0.3) is 0 Å². The van der Waals surface area contributed by atoms with Crippen molar-refractivity contribution in [2.75, 3.05) is 18.0 Å². The Balaban J connectivity index is 1.68. The molecule has 2 aromatic rings. The average molecular weight is 337 g/mol. The van der Waals surface area contributed by atoms with Gasteiger partial charge in [-0.1, -0.05) is 6.07 Å². The lowest BCUT2D eigenvalue weighted by molar-refractivity contribution is 0.0933. The number of rotatable bonds is 3. The van der Waals surface area contributed by atoms with E-state index < -0.39 is 0 Å². The van der Waals surface area contributed by atoms with Gasteiger partial charge in [-0.15, -0.1) is 0 Å². The smallest absolute Gasteiger partial charge is 0.251 e. The first kappa shape index (κ1) is 17.0. The Kier molecular flexibility index (Phi) is 4.99. The summed E-state index contributed by atoms with van der Waals surface area (Å²) in [6.45, 7) is 3.31. The molecule has 0 aliphatic carbocycles. The molecule has 0 radical (unpaired) electrons. The number of benzene rings is 2. The largest absolute Gasteiger partial charge is 0.367 e. The quantitative estimate of drug-likeness (QED) is 0.934. The normalized spacial score (nSPS) is 17.0. The van der Waals surface area contributed by atoms with Crippen LogP contribution in [0.2, 0.25) is 0 Å². The molecule has 1 aliphatic rings. The first-order valence-electron chi connectivity index (χ1n) is 8.39. The maximum Gasteiger partial charge on any atom is 0.251 e. The molecule has 25 heavy (non-hydrogen) atoms. The molecule has 1 fully saturated rings. The van der Waals surface area contributed by atoms with Gasteiger partial charge in [0.05, 0.1) is 17.3 Å². The van der Waals surface area contributed by atoms with Gasteiger partial charge in [0.1, 0.15) is 5.82 Å². The van der Waals surface area contributed by atoms with Crippen LogP contribution >= 0.6 is 0 Å². The maximum atomic E-state index is 14.1. The second-order valence-corrected chi connectivity index (χ2v) is 6.40. The van der Waals surface area contributed by atoms with Crippen LogP contribution < -0.4 is 10.2 Å². The third-order valence-electron chi connectivity index (χ3n) is 4.48. The Labute approximate surface area is 146 Å². The van der Waals surface area contributed by atoms with E-state index in [1.807, 2.05) is 24.0 Å². The first-order valence-corrected chi connectivity index (χ1v) is 8.39. The summed E-state index contributed by atoms with van der Waals surface area (Å²) in [4.78, 5) is 14.4. The zero-order valence-corrected chi connectivity index (χ0v) is 14.1. The molecule has 0 saturated carbocycles. The number of carbonyl (C=O) groups excluding carboxylic acids is 1. The number of aryl methyl sites for hydroxylation is 1. The lowest BCUT2D eigenvalue weighted by Gasteiger charge is -2.35. The fourth-order valence-electron chi connectivity index (χ4n) is 3.14. The third-order valence-corrected chi connectivity index (χ3v) is 4.48. The fourth-order valence-corrected chi connectivity index (χ4v) is 3.14. The van der Waals surface area contributed by atoms with Gasteiger partial charge in [0.15, 0.2) is 0 Å². The average Bonchev–Trinajstić information content (AvgIpc) is 2.64. The highest BCUT2D eigenvalue weighted by Gasteiger charge is 2.23. The Morgan fingerprint density at radius 3 is 2.76 bits per heavy atom. The van der Waals surface area contributed by atoms with E-state index in [1.54, 1.807) is 30.3 Å². The van der Waals surface area contributed by atoms with E-state index >= 15 is 0 Å². The molecule has 1 aliphatic heterocycles. The summed E-state index contributed by atoms with van der Waals surface area (Å²) < 4.78 is 14.1. The Bertz CT molecular complexity index is 811. The fraction of sp³-hybridized carbons (Fsp3) is 0.300. The van der Waals surface area contributed by atoms with Crippen LogP contribution in [-0.2, 0) is 0 Å². The number of carbonyl (C=O) groups is 1. The van der Waals surface area contributed by atoms with Crippen LogP contribution in [0.3, 0.4) is 0 Å². The third kappa shape index (κ3) is 3.97. The van der Waals surface area contributed by atoms with Gasteiger partial charge in [-0.25, -0.2) is 4.39 Å². The number of hydrogen-bond acceptors (Lipinski definition) is 3. The minimum Gasteiger partial charge on any atom is -0.367 e. The van der Waals surface area contributed by atoms with E-state index in [-0.39, 0.29) is 17.8 Å². The molecule has 2 aromatic carbocycles. The summed E-state index contributed by atoms with van der Waals surface area (Å²) in [7, 11) is 0. The summed E-state index contributed by atoms with van der Waals surface area (Å²) in [6.07, 6.45) is 1.76. The molecule has 128 valence electrons. The molecule has 1 heterocycles. The molecule has 1 saturated heterocycles. The summed E-state index contributed by atoms with van der Waals surface area (Å²) in [6, 6.07) is 13.7. The predicted octanol–water partition coefficient (Wildman–Crippen LogP) is 3.40. The van der Waals surface area contributed by atoms with Gasteiger partial charge < -0.3 is 10.2 Å². The summed E-state index contributed by atoms with van der Waals surface area (Å²) in [5.41, 5.74) is 2.66.